The highest BCUT2D eigenvalue weighted by Gasteiger charge is 2.07. The van der Waals surface area contributed by atoms with Gasteiger partial charge in [-0.25, -0.2) is 0 Å². The Bertz CT molecular complexity index is 629. The highest BCUT2D eigenvalue weighted by atomic mass is 79.9. The molecule has 0 amide bonds. The van der Waals surface area contributed by atoms with Crippen LogP contribution in [0.25, 0.3) is 0 Å². The van der Waals surface area contributed by atoms with Gasteiger partial charge in [0.05, 0.1) is 19.3 Å². The Morgan fingerprint density at radius 1 is 1.19 bits per heavy atom. The number of methoxy groups -OCH3 is 1. The maximum atomic E-state index is 5.79. The van der Waals surface area contributed by atoms with Crippen LogP contribution in [-0.4, -0.2) is 18.7 Å². The Hall–Kier alpha value is -1.59. The lowest BCUT2D eigenvalue weighted by Gasteiger charge is -2.11. The lowest BCUT2D eigenvalue weighted by molar-refractivity contribution is 0.321. The number of nitrogens with two attached hydrogens (primary N) is 1. The zero-order valence-electron chi connectivity index (χ0n) is 11.6. The summed E-state index contributed by atoms with van der Waals surface area (Å²) in [4.78, 5) is 0.329. The summed E-state index contributed by atoms with van der Waals surface area (Å²) in [5, 5.41) is 0. The van der Waals surface area contributed by atoms with Crippen molar-refractivity contribution in [1.29, 1.82) is 0 Å². The van der Waals surface area contributed by atoms with Crippen LogP contribution in [0, 0.1) is 0 Å². The molecule has 0 spiro atoms. The third kappa shape index (κ3) is 4.44. The van der Waals surface area contributed by atoms with Gasteiger partial charge < -0.3 is 15.2 Å². The molecule has 0 unspecified atom stereocenters. The van der Waals surface area contributed by atoms with Crippen LogP contribution in [0.2, 0.25) is 0 Å². The molecule has 110 valence electrons. The molecule has 21 heavy (non-hydrogen) atoms. The summed E-state index contributed by atoms with van der Waals surface area (Å²) in [6.07, 6.45) is 0.802. The summed E-state index contributed by atoms with van der Waals surface area (Å²) in [5.41, 5.74) is 7.64. The van der Waals surface area contributed by atoms with Crippen molar-refractivity contribution in [3.05, 3.63) is 58.1 Å². The van der Waals surface area contributed by atoms with Crippen molar-refractivity contribution < 1.29 is 9.47 Å². The molecule has 0 aromatic heterocycles. The fourth-order valence-corrected chi connectivity index (χ4v) is 2.41. The Labute approximate surface area is 138 Å². The SMILES string of the molecule is COc1ccc(CCOc2ccc(Br)cc2C(N)=S)cc1. The molecule has 2 aromatic carbocycles. The second-order valence-electron chi connectivity index (χ2n) is 4.45. The lowest BCUT2D eigenvalue weighted by Crippen LogP contribution is -2.12. The van der Waals surface area contributed by atoms with Crippen LogP contribution in [0.5, 0.6) is 11.5 Å². The first-order chi connectivity index (χ1) is 10.1. The van der Waals surface area contributed by atoms with E-state index in [9.17, 15) is 0 Å². The molecule has 0 atom stereocenters. The van der Waals surface area contributed by atoms with Crippen molar-refractivity contribution in [2.24, 2.45) is 5.73 Å². The van der Waals surface area contributed by atoms with E-state index in [1.807, 2.05) is 42.5 Å². The number of hydrogen-bond acceptors (Lipinski definition) is 3. The number of rotatable bonds is 6. The Balaban J connectivity index is 1.98. The molecule has 2 aromatic rings. The zero-order valence-corrected chi connectivity index (χ0v) is 14.0. The molecule has 0 aliphatic heterocycles. The molecule has 0 aliphatic carbocycles. The van der Waals surface area contributed by atoms with Gasteiger partial charge in [-0.05, 0) is 35.9 Å². The number of hydrogen-bond donors (Lipinski definition) is 1. The smallest absolute Gasteiger partial charge is 0.129 e. The topological polar surface area (TPSA) is 44.5 Å². The van der Waals surface area contributed by atoms with Crippen LogP contribution in [-0.2, 0) is 6.42 Å². The van der Waals surface area contributed by atoms with Gasteiger partial charge in [-0.1, -0.05) is 40.3 Å². The maximum Gasteiger partial charge on any atom is 0.129 e. The average molecular weight is 366 g/mol. The molecule has 2 rings (SSSR count). The van der Waals surface area contributed by atoms with Gasteiger partial charge in [0.1, 0.15) is 16.5 Å². The van der Waals surface area contributed by atoms with Crippen LogP contribution >= 0.6 is 28.1 Å². The molecule has 0 heterocycles. The minimum atomic E-state index is 0.329. The predicted octanol–water partition coefficient (Wildman–Crippen LogP) is 3.71. The van der Waals surface area contributed by atoms with Gasteiger partial charge in [0.2, 0.25) is 0 Å². The van der Waals surface area contributed by atoms with E-state index >= 15 is 0 Å². The minimum Gasteiger partial charge on any atom is -0.497 e. The first-order valence-corrected chi connectivity index (χ1v) is 7.65. The van der Waals surface area contributed by atoms with Crippen molar-refractivity contribution in [1.82, 2.24) is 0 Å². The second-order valence-corrected chi connectivity index (χ2v) is 5.81. The maximum absolute atomic E-state index is 5.79. The van der Waals surface area contributed by atoms with E-state index < -0.39 is 0 Å². The van der Waals surface area contributed by atoms with E-state index in [4.69, 9.17) is 27.4 Å². The molecule has 0 fully saturated rings. The monoisotopic (exact) mass is 365 g/mol. The molecule has 0 bridgehead atoms. The molecule has 0 aliphatic rings. The molecular weight excluding hydrogens is 350 g/mol. The fraction of sp³-hybridized carbons (Fsp3) is 0.188. The van der Waals surface area contributed by atoms with Crippen LogP contribution < -0.4 is 15.2 Å². The summed E-state index contributed by atoms with van der Waals surface area (Å²) in [5.74, 6) is 1.56. The molecule has 3 nitrogen and oxygen atoms in total. The van der Waals surface area contributed by atoms with Crippen molar-refractivity contribution in [3.8, 4) is 11.5 Å². The highest BCUT2D eigenvalue weighted by Crippen LogP contribution is 2.23. The summed E-state index contributed by atoms with van der Waals surface area (Å²) >= 11 is 8.44. The summed E-state index contributed by atoms with van der Waals surface area (Å²) in [7, 11) is 1.66. The largest absolute Gasteiger partial charge is 0.497 e. The zero-order chi connectivity index (χ0) is 15.2. The second kappa shape index (κ2) is 7.43. The molecular formula is C16H16BrNO2S. The van der Waals surface area contributed by atoms with Gasteiger partial charge in [0.25, 0.3) is 0 Å². The van der Waals surface area contributed by atoms with E-state index in [0.29, 0.717) is 17.3 Å². The predicted molar refractivity (Wildman–Crippen MR) is 92.2 cm³/mol. The van der Waals surface area contributed by atoms with E-state index in [1.165, 1.54) is 5.56 Å². The first-order valence-electron chi connectivity index (χ1n) is 6.45. The van der Waals surface area contributed by atoms with Crippen molar-refractivity contribution in [3.63, 3.8) is 0 Å². The summed E-state index contributed by atoms with van der Waals surface area (Å²) in [6, 6.07) is 13.6. The van der Waals surface area contributed by atoms with Gasteiger partial charge in [-0.2, -0.15) is 0 Å². The Morgan fingerprint density at radius 2 is 1.90 bits per heavy atom. The average Bonchev–Trinajstić information content (AvgIpc) is 2.49. The van der Waals surface area contributed by atoms with Gasteiger partial charge in [-0.3, -0.25) is 0 Å². The van der Waals surface area contributed by atoms with E-state index in [1.54, 1.807) is 7.11 Å². The molecule has 2 N–H and O–H groups in total. The number of halogens is 1. The number of ether oxygens (including phenoxy) is 2. The van der Waals surface area contributed by atoms with E-state index in [0.717, 1.165) is 22.2 Å². The van der Waals surface area contributed by atoms with Gasteiger partial charge in [-0.15, -0.1) is 0 Å². The molecule has 0 saturated heterocycles. The lowest BCUT2D eigenvalue weighted by atomic mass is 10.1. The number of thiocarbonyl (C=S) groups is 1. The van der Waals surface area contributed by atoms with Crippen LogP contribution in [0.4, 0.5) is 0 Å². The standard InChI is InChI=1S/C16H16BrNO2S/c1-19-13-5-2-11(3-6-13)8-9-20-15-7-4-12(17)10-14(15)16(18)21/h2-7,10H,8-9H2,1H3,(H2,18,21). The van der Waals surface area contributed by atoms with Crippen LogP contribution in [0.3, 0.4) is 0 Å². The third-order valence-corrected chi connectivity index (χ3v) is 3.73. The van der Waals surface area contributed by atoms with Crippen LogP contribution in [0.1, 0.15) is 11.1 Å². The minimum absolute atomic E-state index is 0.329. The van der Waals surface area contributed by atoms with E-state index in [2.05, 4.69) is 15.9 Å². The van der Waals surface area contributed by atoms with Crippen molar-refractivity contribution in [2.75, 3.05) is 13.7 Å². The molecule has 0 radical (unpaired) electrons. The fourth-order valence-electron chi connectivity index (χ4n) is 1.89. The highest BCUT2D eigenvalue weighted by molar-refractivity contribution is 9.10. The summed E-state index contributed by atoms with van der Waals surface area (Å²) in [6.45, 7) is 0.559. The molecule has 0 saturated carbocycles. The van der Waals surface area contributed by atoms with Crippen molar-refractivity contribution in [2.45, 2.75) is 6.42 Å². The Morgan fingerprint density at radius 3 is 2.52 bits per heavy atom. The van der Waals surface area contributed by atoms with Gasteiger partial charge in [0, 0.05) is 10.9 Å². The quantitative estimate of drug-likeness (QED) is 0.792. The normalized spacial score (nSPS) is 10.2. The Kier molecular flexibility index (Phi) is 5.59. The molecule has 5 heteroatoms. The van der Waals surface area contributed by atoms with Crippen LogP contribution in [0.15, 0.2) is 46.9 Å². The van der Waals surface area contributed by atoms with Crippen molar-refractivity contribution >= 4 is 33.1 Å². The number of benzene rings is 2. The van der Waals surface area contributed by atoms with Gasteiger partial charge >= 0.3 is 0 Å². The first kappa shape index (κ1) is 15.8. The van der Waals surface area contributed by atoms with Gasteiger partial charge in [0.15, 0.2) is 0 Å². The summed E-state index contributed by atoms with van der Waals surface area (Å²) < 4.78 is 11.9. The third-order valence-electron chi connectivity index (χ3n) is 3.01. The van der Waals surface area contributed by atoms with E-state index in [-0.39, 0.29) is 0 Å².